The Morgan fingerprint density at radius 3 is 2.59 bits per heavy atom. The van der Waals surface area contributed by atoms with Crippen molar-refractivity contribution >= 4 is 15.9 Å². The number of hydrogen-bond acceptors (Lipinski definition) is 3. The maximum Gasteiger partial charge on any atom is 0.124 e. The highest BCUT2D eigenvalue weighted by molar-refractivity contribution is 9.09. The molecule has 17 heavy (non-hydrogen) atoms. The molecule has 0 amide bonds. The molecule has 1 atom stereocenters. The molecule has 0 N–H and O–H groups in total. The molecule has 4 heteroatoms. The molecule has 3 nitrogen and oxygen atoms in total. The molecule has 1 aromatic rings. The number of benzene rings is 1. The summed E-state index contributed by atoms with van der Waals surface area (Å²) in [5, 5.41) is 0.750. The Labute approximate surface area is 111 Å². The van der Waals surface area contributed by atoms with Gasteiger partial charge >= 0.3 is 0 Å². The van der Waals surface area contributed by atoms with Gasteiger partial charge < -0.3 is 14.2 Å². The first-order valence-corrected chi connectivity index (χ1v) is 6.75. The number of hydrogen-bond donors (Lipinski definition) is 0. The molecule has 0 aliphatic rings. The lowest BCUT2D eigenvalue weighted by atomic mass is 10.1. The van der Waals surface area contributed by atoms with E-state index in [9.17, 15) is 0 Å². The average Bonchev–Trinajstić information content (AvgIpc) is 2.39. The van der Waals surface area contributed by atoms with E-state index in [1.807, 2.05) is 24.3 Å². The van der Waals surface area contributed by atoms with E-state index >= 15 is 0 Å². The van der Waals surface area contributed by atoms with E-state index in [1.165, 1.54) is 0 Å². The van der Waals surface area contributed by atoms with Gasteiger partial charge in [0.2, 0.25) is 0 Å². The predicted molar refractivity (Wildman–Crippen MR) is 72.0 cm³/mol. The minimum absolute atomic E-state index is 0.0167. The third-order valence-corrected chi connectivity index (χ3v) is 3.03. The number of alkyl halides is 1. The summed E-state index contributed by atoms with van der Waals surface area (Å²) in [5.74, 6) is 0.865. The van der Waals surface area contributed by atoms with Gasteiger partial charge in [-0.2, -0.15) is 0 Å². The third kappa shape index (κ3) is 4.66. The highest BCUT2D eigenvalue weighted by Gasteiger charge is 2.14. The minimum Gasteiger partial charge on any atom is -0.496 e. The van der Waals surface area contributed by atoms with E-state index in [-0.39, 0.29) is 6.10 Å². The van der Waals surface area contributed by atoms with E-state index in [2.05, 4.69) is 15.9 Å². The van der Waals surface area contributed by atoms with Crippen molar-refractivity contribution in [2.75, 3.05) is 32.8 Å². The van der Waals surface area contributed by atoms with E-state index in [4.69, 9.17) is 14.2 Å². The van der Waals surface area contributed by atoms with E-state index < -0.39 is 0 Å². The monoisotopic (exact) mass is 302 g/mol. The summed E-state index contributed by atoms with van der Waals surface area (Å²) in [5.41, 5.74) is 1.07. The summed E-state index contributed by atoms with van der Waals surface area (Å²) in [6.07, 6.45) is 0.915. The normalized spacial score (nSPS) is 12.4. The molecular weight excluding hydrogens is 284 g/mol. The van der Waals surface area contributed by atoms with Crippen molar-refractivity contribution in [3.63, 3.8) is 0 Å². The highest BCUT2D eigenvalue weighted by atomic mass is 79.9. The van der Waals surface area contributed by atoms with Gasteiger partial charge in [-0.25, -0.2) is 0 Å². The molecule has 0 aliphatic carbocycles. The topological polar surface area (TPSA) is 27.7 Å². The maximum absolute atomic E-state index is 5.82. The zero-order valence-electron chi connectivity index (χ0n) is 10.3. The molecule has 0 aliphatic heterocycles. The largest absolute Gasteiger partial charge is 0.496 e. The quantitative estimate of drug-likeness (QED) is 0.545. The van der Waals surface area contributed by atoms with Crippen molar-refractivity contribution in [1.29, 1.82) is 0 Å². The van der Waals surface area contributed by atoms with Crippen LogP contribution in [0.25, 0.3) is 0 Å². The van der Waals surface area contributed by atoms with Gasteiger partial charge in [0.05, 0.1) is 13.2 Å². The third-order valence-electron chi connectivity index (χ3n) is 2.44. The number of halogens is 1. The lowest BCUT2D eigenvalue weighted by molar-refractivity contribution is 0.0519. The molecule has 0 saturated heterocycles. The van der Waals surface area contributed by atoms with Crippen LogP contribution in [0.15, 0.2) is 24.3 Å². The molecule has 1 aromatic carbocycles. The zero-order chi connectivity index (χ0) is 12.5. The van der Waals surface area contributed by atoms with Crippen LogP contribution in [-0.4, -0.2) is 32.8 Å². The SMILES string of the molecule is COCCCOC(CBr)c1ccccc1OC. The highest BCUT2D eigenvalue weighted by Crippen LogP contribution is 2.28. The van der Waals surface area contributed by atoms with Crippen LogP contribution in [0.1, 0.15) is 18.1 Å². The van der Waals surface area contributed by atoms with Gasteiger partial charge in [-0.3, -0.25) is 0 Å². The van der Waals surface area contributed by atoms with E-state index in [0.717, 1.165) is 29.7 Å². The first-order valence-electron chi connectivity index (χ1n) is 5.63. The summed E-state index contributed by atoms with van der Waals surface area (Å²) in [7, 11) is 3.37. The zero-order valence-corrected chi connectivity index (χ0v) is 11.9. The van der Waals surface area contributed by atoms with Crippen LogP contribution in [0, 0.1) is 0 Å². The Kier molecular flexibility index (Phi) is 7.24. The van der Waals surface area contributed by atoms with Crippen molar-refractivity contribution in [2.24, 2.45) is 0 Å². The van der Waals surface area contributed by atoms with Gasteiger partial charge in [-0.05, 0) is 12.5 Å². The summed E-state index contributed by atoms with van der Waals surface area (Å²) < 4.78 is 16.1. The predicted octanol–water partition coefficient (Wildman–Crippen LogP) is 3.18. The number of para-hydroxylation sites is 1. The lowest BCUT2D eigenvalue weighted by Crippen LogP contribution is -2.09. The summed E-state index contributed by atoms with van der Waals surface area (Å²) in [4.78, 5) is 0. The van der Waals surface area contributed by atoms with Gasteiger partial charge in [0.25, 0.3) is 0 Å². The second-order valence-electron chi connectivity index (χ2n) is 3.60. The number of rotatable bonds is 8. The molecule has 0 aromatic heterocycles. The van der Waals surface area contributed by atoms with Crippen molar-refractivity contribution in [2.45, 2.75) is 12.5 Å². The first kappa shape index (κ1) is 14.5. The summed E-state index contributed by atoms with van der Waals surface area (Å²) in [6, 6.07) is 7.93. The van der Waals surface area contributed by atoms with Gasteiger partial charge in [0, 0.05) is 31.2 Å². The Hall–Kier alpha value is -0.580. The molecule has 96 valence electrons. The molecule has 0 radical (unpaired) electrons. The molecule has 0 heterocycles. The van der Waals surface area contributed by atoms with Crippen LogP contribution in [0.5, 0.6) is 5.75 Å². The van der Waals surface area contributed by atoms with Crippen LogP contribution in [0.3, 0.4) is 0 Å². The number of methoxy groups -OCH3 is 2. The standard InChI is InChI=1S/C13H19BrO3/c1-15-8-5-9-17-13(10-14)11-6-3-4-7-12(11)16-2/h3-4,6-7,13H,5,8-10H2,1-2H3. The molecule has 0 bridgehead atoms. The molecule has 0 saturated carbocycles. The van der Waals surface area contributed by atoms with Gasteiger partial charge in [-0.15, -0.1) is 0 Å². The van der Waals surface area contributed by atoms with Crippen LogP contribution < -0.4 is 4.74 Å². The van der Waals surface area contributed by atoms with Crippen LogP contribution in [0.4, 0.5) is 0 Å². The first-order chi connectivity index (χ1) is 8.33. The van der Waals surface area contributed by atoms with E-state index in [0.29, 0.717) is 6.61 Å². The fraction of sp³-hybridized carbons (Fsp3) is 0.538. The fourth-order valence-electron chi connectivity index (χ4n) is 1.58. The molecule has 1 unspecified atom stereocenters. The second-order valence-corrected chi connectivity index (χ2v) is 4.25. The second kappa shape index (κ2) is 8.50. The smallest absolute Gasteiger partial charge is 0.124 e. The van der Waals surface area contributed by atoms with Crippen molar-refractivity contribution in [3.8, 4) is 5.75 Å². The van der Waals surface area contributed by atoms with Crippen LogP contribution in [-0.2, 0) is 9.47 Å². The maximum atomic E-state index is 5.82. The van der Waals surface area contributed by atoms with Crippen molar-refractivity contribution in [1.82, 2.24) is 0 Å². The Morgan fingerprint density at radius 2 is 1.94 bits per heavy atom. The Balaban J connectivity index is 2.59. The Morgan fingerprint density at radius 1 is 1.18 bits per heavy atom. The molecular formula is C13H19BrO3. The molecule has 0 fully saturated rings. The Bertz CT molecular complexity index is 317. The van der Waals surface area contributed by atoms with Gasteiger partial charge in [0.15, 0.2) is 0 Å². The van der Waals surface area contributed by atoms with Crippen molar-refractivity contribution in [3.05, 3.63) is 29.8 Å². The molecule has 0 spiro atoms. The summed E-state index contributed by atoms with van der Waals surface area (Å²) >= 11 is 3.47. The van der Waals surface area contributed by atoms with Gasteiger partial charge in [-0.1, -0.05) is 34.1 Å². The average molecular weight is 303 g/mol. The van der Waals surface area contributed by atoms with Crippen LogP contribution in [0.2, 0.25) is 0 Å². The minimum atomic E-state index is 0.0167. The summed E-state index contributed by atoms with van der Waals surface area (Å²) in [6.45, 7) is 1.41. The molecule has 1 rings (SSSR count). The number of ether oxygens (including phenoxy) is 3. The van der Waals surface area contributed by atoms with Crippen molar-refractivity contribution < 1.29 is 14.2 Å². The van der Waals surface area contributed by atoms with E-state index in [1.54, 1.807) is 14.2 Å². The van der Waals surface area contributed by atoms with Crippen LogP contribution >= 0.6 is 15.9 Å². The van der Waals surface area contributed by atoms with Gasteiger partial charge in [0.1, 0.15) is 5.75 Å². The lowest BCUT2D eigenvalue weighted by Gasteiger charge is -2.18. The fourth-order valence-corrected chi connectivity index (χ4v) is 2.11.